The van der Waals surface area contributed by atoms with Crippen molar-refractivity contribution in [1.29, 1.82) is 0 Å². The van der Waals surface area contributed by atoms with E-state index in [1.165, 1.54) is 24.3 Å². The van der Waals surface area contributed by atoms with Crippen LogP contribution in [0.4, 0.5) is 25.0 Å². The van der Waals surface area contributed by atoms with Gasteiger partial charge in [0.15, 0.2) is 0 Å². The molecule has 5 rings (SSSR count). The van der Waals surface area contributed by atoms with Crippen LogP contribution in [0.25, 0.3) is 17.4 Å². The Morgan fingerprint density at radius 2 is 1.84 bits per heavy atom. The molecule has 11 heteroatoms. The molecule has 3 heterocycles. The highest BCUT2D eigenvalue weighted by Gasteiger charge is 2.36. The third-order valence-electron chi connectivity index (χ3n) is 5.80. The van der Waals surface area contributed by atoms with Crippen molar-refractivity contribution in [3.63, 3.8) is 0 Å². The molecule has 1 aromatic heterocycles. The molecule has 0 radical (unpaired) electrons. The number of hydrogen-bond donors (Lipinski definition) is 1. The zero-order chi connectivity index (χ0) is 25.9. The fraction of sp³-hybridized carbons (Fsp3) is 0.192. The molecular weight excluding hydrogens is 504 g/mol. The van der Waals surface area contributed by atoms with Gasteiger partial charge in [0.25, 0.3) is 11.1 Å². The second-order valence-corrected chi connectivity index (χ2v) is 9.25. The van der Waals surface area contributed by atoms with Crippen LogP contribution in [0.15, 0.2) is 63.9 Å². The summed E-state index contributed by atoms with van der Waals surface area (Å²) in [5, 5.41) is 2.20. The number of hydrogen-bond acceptors (Lipinski definition) is 7. The first-order valence-corrected chi connectivity index (χ1v) is 12.2. The predicted molar refractivity (Wildman–Crippen MR) is 135 cm³/mol. The minimum Gasteiger partial charge on any atom is -0.457 e. The van der Waals surface area contributed by atoms with Crippen molar-refractivity contribution in [1.82, 2.24) is 4.90 Å². The van der Waals surface area contributed by atoms with Crippen molar-refractivity contribution in [3.8, 4) is 11.3 Å². The van der Waals surface area contributed by atoms with Gasteiger partial charge in [-0.3, -0.25) is 19.3 Å². The molecule has 3 amide bonds. The van der Waals surface area contributed by atoms with E-state index in [1.54, 1.807) is 12.1 Å². The number of para-hydroxylation sites is 2. The number of nitrogens with one attached hydrogen (secondary N) is 1. The van der Waals surface area contributed by atoms with Crippen LogP contribution in [0, 0.1) is 11.6 Å². The van der Waals surface area contributed by atoms with Gasteiger partial charge < -0.3 is 19.4 Å². The maximum Gasteiger partial charge on any atom is 0.294 e. The third kappa shape index (κ3) is 5.42. The van der Waals surface area contributed by atoms with Gasteiger partial charge in [-0.05, 0) is 48.2 Å². The molecule has 2 aliphatic heterocycles. The summed E-state index contributed by atoms with van der Waals surface area (Å²) in [5.41, 5.74) is 1.47. The number of furan rings is 1. The van der Waals surface area contributed by atoms with Crippen molar-refractivity contribution in [3.05, 3.63) is 76.9 Å². The van der Waals surface area contributed by atoms with E-state index in [1.807, 2.05) is 12.1 Å². The maximum atomic E-state index is 14.1. The summed E-state index contributed by atoms with van der Waals surface area (Å²) in [7, 11) is 0. The molecular formula is C26H21F2N3O5S. The standard InChI is InChI=1S/C26H21F2N3O5S/c27-16-5-7-18(19(28)13-16)22-8-6-17(36-22)14-23-25(33)31(26(34)37-23)15-24(32)29-20-3-1-2-4-21(20)30-9-11-35-12-10-30/h1-8,13-14H,9-12,15H2,(H,29,32)/b23-14+. The van der Waals surface area contributed by atoms with E-state index in [0.29, 0.717) is 43.8 Å². The summed E-state index contributed by atoms with van der Waals surface area (Å²) in [6, 6.07) is 13.4. The SMILES string of the molecule is O=C(CN1C(=O)S/C(=C/c2ccc(-c3ccc(F)cc3F)o2)C1=O)Nc1ccccc1N1CCOCC1. The second kappa shape index (κ2) is 10.6. The largest absolute Gasteiger partial charge is 0.457 e. The van der Waals surface area contributed by atoms with Crippen LogP contribution >= 0.6 is 11.8 Å². The van der Waals surface area contributed by atoms with Crippen molar-refractivity contribution in [2.75, 3.05) is 43.1 Å². The molecule has 2 aromatic carbocycles. The Kier molecular flexibility index (Phi) is 7.06. The smallest absolute Gasteiger partial charge is 0.294 e. The van der Waals surface area contributed by atoms with Crippen molar-refractivity contribution < 1.29 is 32.3 Å². The molecule has 2 aliphatic rings. The predicted octanol–water partition coefficient (Wildman–Crippen LogP) is 4.74. The number of morpholine rings is 1. The molecule has 1 N–H and O–H groups in total. The second-order valence-electron chi connectivity index (χ2n) is 8.26. The Labute approximate surface area is 214 Å². The first-order chi connectivity index (χ1) is 17.9. The van der Waals surface area contributed by atoms with Gasteiger partial charge in [0, 0.05) is 25.2 Å². The topological polar surface area (TPSA) is 92.1 Å². The number of amides is 3. The summed E-state index contributed by atoms with van der Waals surface area (Å²) >= 11 is 0.674. The summed E-state index contributed by atoms with van der Waals surface area (Å²) in [6.45, 7) is 2.08. The van der Waals surface area contributed by atoms with Crippen LogP contribution in [0.2, 0.25) is 0 Å². The summed E-state index contributed by atoms with van der Waals surface area (Å²) in [4.78, 5) is 41.1. The van der Waals surface area contributed by atoms with Crippen molar-refractivity contribution in [2.45, 2.75) is 0 Å². The average molecular weight is 526 g/mol. The number of thioether (sulfide) groups is 1. The summed E-state index contributed by atoms with van der Waals surface area (Å²) in [6.07, 6.45) is 1.35. The van der Waals surface area contributed by atoms with Crippen LogP contribution in [0.1, 0.15) is 5.76 Å². The third-order valence-corrected chi connectivity index (χ3v) is 6.71. The molecule has 37 heavy (non-hydrogen) atoms. The Balaban J connectivity index is 1.27. The number of nitrogens with zero attached hydrogens (tertiary/aromatic N) is 2. The van der Waals surface area contributed by atoms with Crippen LogP contribution < -0.4 is 10.2 Å². The molecule has 0 bridgehead atoms. The lowest BCUT2D eigenvalue weighted by atomic mass is 10.1. The number of carbonyl (C=O) groups is 3. The first kappa shape index (κ1) is 24.7. The number of halogens is 2. The van der Waals surface area contributed by atoms with E-state index in [0.717, 1.165) is 22.7 Å². The van der Waals surface area contributed by atoms with Crippen LogP contribution in [0.3, 0.4) is 0 Å². The van der Waals surface area contributed by atoms with E-state index in [4.69, 9.17) is 9.15 Å². The van der Waals surface area contributed by atoms with E-state index < -0.39 is 35.2 Å². The van der Waals surface area contributed by atoms with Crippen LogP contribution in [-0.4, -0.2) is 54.8 Å². The molecule has 0 unspecified atom stereocenters. The number of ether oxygens (including phenoxy) is 1. The molecule has 8 nitrogen and oxygen atoms in total. The minimum absolute atomic E-state index is 0.0585. The molecule has 2 saturated heterocycles. The van der Waals surface area contributed by atoms with Gasteiger partial charge >= 0.3 is 0 Å². The molecule has 190 valence electrons. The van der Waals surface area contributed by atoms with Gasteiger partial charge in [-0.1, -0.05) is 12.1 Å². The summed E-state index contributed by atoms with van der Waals surface area (Å²) < 4.78 is 38.2. The zero-order valence-electron chi connectivity index (χ0n) is 19.4. The van der Waals surface area contributed by atoms with E-state index in [9.17, 15) is 23.2 Å². The lowest BCUT2D eigenvalue weighted by Crippen LogP contribution is -2.38. The molecule has 0 saturated carbocycles. The van der Waals surface area contributed by atoms with Gasteiger partial charge in [0.05, 0.1) is 35.1 Å². The van der Waals surface area contributed by atoms with Gasteiger partial charge in [-0.25, -0.2) is 8.78 Å². The number of carbonyl (C=O) groups excluding carboxylic acids is 3. The van der Waals surface area contributed by atoms with Crippen LogP contribution in [0.5, 0.6) is 0 Å². The normalized spacial score (nSPS) is 17.1. The number of rotatable bonds is 6. The van der Waals surface area contributed by atoms with Crippen molar-refractivity contribution >= 4 is 46.3 Å². The molecule has 0 atom stereocenters. The lowest BCUT2D eigenvalue weighted by molar-refractivity contribution is -0.127. The maximum absolute atomic E-state index is 14.1. The lowest BCUT2D eigenvalue weighted by Gasteiger charge is -2.30. The van der Waals surface area contributed by atoms with Gasteiger partial charge in [-0.15, -0.1) is 0 Å². The van der Waals surface area contributed by atoms with Crippen LogP contribution in [-0.2, 0) is 14.3 Å². The minimum atomic E-state index is -0.789. The van der Waals surface area contributed by atoms with Gasteiger partial charge in [-0.2, -0.15) is 0 Å². The molecule has 2 fully saturated rings. The van der Waals surface area contributed by atoms with Gasteiger partial charge in [0.1, 0.15) is 29.7 Å². The zero-order valence-corrected chi connectivity index (χ0v) is 20.2. The number of benzene rings is 2. The molecule has 0 spiro atoms. The Bertz CT molecular complexity index is 1400. The number of imide groups is 1. The first-order valence-electron chi connectivity index (χ1n) is 11.4. The molecule has 0 aliphatic carbocycles. The monoisotopic (exact) mass is 525 g/mol. The fourth-order valence-electron chi connectivity index (χ4n) is 4.02. The highest BCUT2D eigenvalue weighted by atomic mass is 32.2. The molecule has 3 aromatic rings. The highest BCUT2D eigenvalue weighted by Crippen LogP contribution is 2.34. The summed E-state index contributed by atoms with van der Waals surface area (Å²) in [5.74, 6) is -2.32. The van der Waals surface area contributed by atoms with E-state index in [2.05, 4.69) is 10.2 Å². The quantitative estimate of drug-likeness (QED) is 0.465. The Morgan fingerprint density at radius 1 is 1.05 bits per heavy atom. The Morgan fingerprint density at radius 3 is 2.62 bits per heavy atom. The Hall–Kier alpha value is -3.96. The fourth-order valence-corrected chi connectivity index (χ4v) is 4.84. The van der Waals surface area contributed by atoms with E-state index in [-0.39, 0.29) is 22.0 Å². The highest BCUT2D eigenvalue weighted by molar-refractivity contribution is 8.18. The van der Waals surface area contributed by atoms with Crippen molar-refractivity contribution in [2.24, 2.45) is 0 Å². The van der Waals surface area contributed by atoms with E-state index >= 15 is 0 Å². The number of anilines is 2. The van der Waals surface area contributed by atoms with Gasteiger partial charge in [0.2, 0.25) is 5.91 Å². The average Bonchev–Trinajstić information content (AvgIpc) is 3.45.